The molecular formula is C28H35N5O3S. The molecule has 3 aromatic rings. The number of carbonyl (C=O) groups excluding carboxylic acids is 1. The zero-order valence-corrected chi connectivity index (χ0v) is 22.8. The summed E-state index contributed by atoms with van der Waals surface area (Å²) in [4.78, 5) is 26.8. The quantitative estimate of drug-likeness (QED) is 0.461. The molecule has 2 fully saturated rings. The van der Waals surface area contributed by atoms with Crippen LogP contribution in [0.15, 0.2) is 36.7 Å². The molecule has 2 aliphatic rings. The van der Waals surface area contributed by atoms with Gasteiger partial charge >= 0.3 is 0 Å². The monoisotopic (exact) mass is 521 g/mol. The maximum Gasteiger partial charge on any atom is 0.257 e. The zero-order valence-electron chi connectivity index (χ0n) is 22.0. The van der Waals surface area contributed by atoms with Crippen LogP contribution in [0.3, 0.4) is 0 Å². The van der Waals surface area contributed by atoms with Gasteiger partial charge in [0, 0.05) is 42.5 Å². The van der Waals surface area contributed by atoms with Gasteiger partial charge in [0.05, 0.1) is 23.5 Å². The van der Waals surface area contributed by atoms with Gasteiger partial charge in [-0.2, -0.15) is 0 Å². The van der Waals surface area contributed by atoms with Crippen LogP contribution < -0.4 is 10.4 Å². The number of rotatable bonds is 5. The van der Waals surface area contributed by atoms with Crippen LogP contribution in [0.1, 0.15) is 75.1 Å². The molecule has 1 aliphatic carbocycles. The third kappa shape index (κ3) is 5.12. The smallest absolute Gasteiger partial charge is 0.257 e. The van der Waals surface area contributed by atoms with E-state index in [4.69, 9.17) is 0 Å². The average molecular weight is 522 g/mol. The first kappa shape index (κ1) is 25.8. The minimum absolute atomic E-state index is 0.162. The Bertz CT molecular complexity index is 1320. The SMILES string of the molecule is Cc1cc(Nc2nccc(C3CC3)n2)cc(-c2cnc([C@@]3(O)CCC[N+](C(=O)[O-])(C(C)(C)C)CC3)s2)c1. The van der Waals surface area contributed by atoms with Crippen LogP contribution >= 0.6 is 11.3 Å². The summed E-state index contributed by atoms with van der Waals surface area (Å²) >= 11 is 1.46. The van der Waals surface area contributed by atoms with Crippen LogP contribution in [0.25, 0.3) is 10.4 Å². The highest BCUT2D eigenvalue weighted by Crippen LogP contribution is 2.42. The molecule has 1 unspecified atom stereocenters. The van der Waals surface area contributed by atoms with Crippen LogP contribution in [0.4, 0.5) is 16.4 Å². The molecular weight excluding hydrogens is 486 g/mol. The standard InChI is InChI=1S/C28H35N5O3S/c1-18-14-20(16-21(15-18)31-25-29-11-8-22(32-25)19-6-7-19)23-17-30-24(37-23)28(36)9-5-12-33(13-10-28,26(34)35)27(2,3)4/h8,11,14-17,19,36H,5-7,9-10,12-13H2,1-4H3,(H-,29,31,32,34,35)/t28-,33?/m1/s1. The van der Waals surface area contributed by atoms with Crippen molar-refractivity contribution < 1.29 is 19.5 Å². The molecule has 0 radical (unpaired) electrons. The summed E-state index contributed by atoms with van der Waals surface area (Å²) in [6, 6.07) is 8.19. The number of thiazole rings is 1. The highest BCUT2D eigenvalue weighted by molar-refractivity contribution is 7.15. The lowest BCUT2D eigenvalue weighted by Gasteiger charge is -2.47. The van der Waals surface area contributed by atoms with E-state index >= 15 is 0 Å². The summed E-state index contributed by atoms with van der Waals surface area (Å²) in [5.41, 5.74) is 2.38. The Labute approximate surface area is 222 Å². The molecule has 1 saturated heterocycles. The zero-order chi connectivity index (χ0) is 26.4. The summed E-state index contributed by atoms with van der Waals surface area (Å²) in [7, 11) is 0. The highest BCUT2D eigenvalue weighted by atomic mass is 32.1. The van der Waals surface area contributed by atoms with Crippen molar-refractivity contribution in [3.63, 3.8) is 0 Å². The van der Waals surface area contributed by atoms with Crippen LogP contribution in [0.2, 0.25) is 0 Å². The summed E-state index contributed by atoms with van der Waals surface area (Å²) in [6.07, 6.45) is 6.27. The van der Waals surface area contributed by atoms with E-state index in [1.807, 2.05) is 39.8 Å². The van der Waals surface area contributed by atoms with E-state index in [9.17, 15) is 15.0 Å². The molecule has 0 bridgehead atoms. The first-order chi connectivity index (χ1) is 17.5. The van der Waals surface area contributed by atoms with Crippen LogP contribution in [0, 0.1) is 6.92 Å². The normalized spacial score (nSPS) is 24.5. The van der Waals surface area contributed by atoms with E-state index < -0.39 is 17.2 Å². The number of hydrogen-bond donors (Lipinski definition) is 2. The second-order valence-electron chi connectivity index (χ2n) is 11.6. The summed E-state index contributed by atoms with van der Waals surface area (Å²) in [5.74, 6) is 1.15. The van der Waals surface area contributed by atoms with Gasteiger partial charge in [0.15, 0.2) is 0 Å². The van der Waals surface area contributed by atoms with Gasteiger partial charge in [-0.25, -0.2) is 15.0 Å². The first-order valence-electron chi connectivity index (χ1n) is 13.0. The Morgan fingerprint density at radius 3 is 2.68 bits per heavy atom. The summed E-state index contributed by atoms with van der Waals surface area (Å²) in [6.45, 7) is 8.54. The molecule has 8 nitrogen and oxygen atoms in total. The number of carboxylic acid groups (broad SMARTS) is 1. The summed E-state index contributed by atoms with van der Waals surface area (Å²) < 4.78 is -0.162. The molecule has 3 heterocycles. The Kier molecular flexibility index (Phi) is 6.58. The van der Waals surface area contributed by atoms with Gasteiger partial charge in [-0.1, -0.05) is 6.07 Å². The number of amides is 1. The second kappa shape index (κ2) is 9.45. The van der Waals surface area contributed by atoms with Crippen molar-refractivity contribution >= 4 is 29.1 Å². The van der Waals surface area contributed by atoms with Crippen molar-refractivity contribution in [2.24, 2.45) is 0 Å². The van der Waals surface area contributed by atoms with Gasteiger partial charge in [0.2, 0.25) is 5.95 Å². The number of nitrogens with zero attached hydrogens (tertiary/aromatic N) is 4. The molecule has 1 amide bonds. The van der Waals surface area contributed by atoms with Crippen molar-refractivity contribution in [1.29, 1.82) is 0 Å². The van der Waals surface area contributed by atoms with E-state index in [-0.39, 0.29) is 4.48 Å². The van der Waals surface area contributed by atoms with E-state index in [2.05, 4.69) is 32.4 Å². The number of likely N-dealkylation sites (tertiary alicyclic amines) is 1. The maximum atomic E-state index is 12.2. The van der Waals surface area contributed by atoms with Crippen LogP contribution in [-0.2, 0) is 5.60 Å². The first-order valence-corrected chi connectivity index (χ1v) is 13.8. The molecule has 2 atom stereocenters. The van der Waals surface area contributed by atoms with Crippen molar-refractivity contribution in [3.05, 3.63) is 52.9 Å². The number of aryl methyl sites for hydroxylation is 1. The molecule has 196 valence electrons. The minimum Gasteiger partial charge on any atom is -0.498 e. The Morgan fingerprint density at radius 2 is 1.97 bits per heavy atom. The third-order valence-corrected chi connectivity index (χ3v) is 9.11. The predicted molar refractivity (Wildman–Crippen MR) is 142 cm³/mol. The number of quaternary nitrogens is 1. The molecule has 2 aromatic heterocycles. The molecule has 1 aromatic carbocycles. The molecule has 5 rings (SSSR count). The number of hydrogen-bond acceptors (Lipinski definition) is 8. The van der Waals surface area contributed by atoms with Crippen molar-refractivity contribution in [2.45, 2.75) is 76.9 Å². The van der Waals surface area contributed by atoms with Gasteiger partial charge < -0.3 is 20.3 Å². The number of aliphatic hydroxyl groups is 1. The summed E-state index contributed by atoms with van der Waals surface area (Å²) in [5, 5.41) is 27.8. The lowest BCUT2D eigenvalue weighted by molar-refractivity contribution is -0.919. The Balaban J connectivity index is 1.38. The van der Waals surface area contributed by atoms with E-state index in [0.29, 0.717) is 49.2 Å². The minimum atomic E-state index is -1.16. The second-order valence-corrected chi connectivity index (χ2v) is 12.6. The Morgan fingerprint density at radius 1 is 1.19 bits per heavy atom. The largest absolute Gasteiger partial charge is 0.498 e. The maximum absolute atomic E-state index is 12.2. The predicted octanol–water partition coefficient (Wildman–Crippen LogP) is 4.86. The van der Waals surface area contributed by atoms with E-state index in [0.717, 1.165) is 27.4 Å². The van der Waals surface area contributed by atoms with Gasteiger partial charge in [0.1, 0.15) is 10.6 Å². The van der Waals surface area contributed by atoms with Gasteiger partial charge in [-0.15, -0.1) is 11.3 Å². The fourth-order valence-electron chi connectivity index (χ4n) is 5.38. The number of carbonyl (C=O) groups is 1. The van der Waals surface area contributed by atoms with E-state index in [1.54, 1.807) is 12.4 Å². The van der Waals surface area contributed by atoms with Gasteiger partial charge in [-0.05, 0) is 76.3 Å². The molecule has 1 aliphatic heterocycles. The fourth-order valence-corrected chi connectivity index (χ4v) is 6.43. The highest BCUT2D eigenvalue weighted by Gasteiger charge is 2.48. The lowest BCUT2D eigenvalue weighted by Crippen LogP contribution is -2.68. The topological polar surface area (TPSA) is 111 Å². The number of nitrogens with one attached hydrogen (secondary N) is 1. The van der Waals surface area contributed by atoms with Gasteiger partial charge in [-0.3, -0.25) is 4.48 Å². The van der Waals surface area contributed by atoms with Crippen LogP contribution in [-0.4, -0.2) is 49.3 Å². The number of aromatic nitrogens is 3. The Hall–Kier alpha value is -2.88. The number of benzene rings is 1. The van der Waals surface area contributed by atoms with Crippen molar-refractivity contribution in [1.82, 2.24) is 15.0 Å². The fraction of sp³-hybridized carbons (Fsp3) is 0.500. The van der Waals surface area contributed by atoms with Gasteiger partial charge in [0.25, 0.3) is 6.09 Å². The molecule has 2 N–H and O–H groups in total. The van der Waals surface area contributed by atoms with Crippen molar-refractivity contribution in [2.75, 3.05) is 18.4 Å². The molecule has 9 heteroatoms. The molecule has 1 saturated carbocycles. The number of anilines is 2. The van der Waals surface area contributed by atoms with Crippen LogP contribution in [0.5, 0.6) is 0 Å². The van der Waals surface area contributed by atoms with E-state index in [1.165, 1.54) is 24.2 Å². The average Bonchev–Trinajstić information content (AvgIpc) is 3.59. The molecule has 0 spiro atoms. The van der Waals surface area contributed by atoms with Crippen molar-refractivity contribution in [3.8, 4) is 10.4 Å². The molecule has 37 heavy (non-hydrogen) atoms. The lowest BCUT2D eigenvalue weighted by atomic mass is 9.95. The third-order valence-electron chi connectivity index (χ3n) is 7.87.